The number of ketones is 1. The lowest BCUT2D eigenvalue weighted by molar-refractivity contribution is -0.198. The normalized spacial score (nSPS) is 49.1. The molecule has 0 spiro atoms. The molecule has 190 valence electrons. The third-order valence-corrected chi connectivity index (χ3v) is 12.8. The number of aliphatic carboxylic acids is 1. The average Bonchev–Trinajstić information content (AvgIpc) is 2.75. The van der Waals surface area contributed by atoms with Crippen molar-refractivity contribution in [1.82, 2.24) is 0 Å². The van der Waals surface area contributed by atoms with E-state index < -0.39 is 11.4 Å². The molecule has 0 aromatic carbocycles. The summed E-state index contributed by atoms with van der Waals surface area (Å²) in [6.45, 7) is 13.9. The van der Waals surface area contributed by atoms with Crippen LogP contribution in [0.2, 0.25) is 0 Å². The Balaban J connectivity index is 1.63. The molecule has 0 radical (unpaired) electrons. The third kappa shape index (κ3) is 2.81. The van der Waals surface area contributed by atoms with Crippen molar-refractivity contribution in [1.29, 1.82) is 0 Å². The highest BCUT2D eigenvalue weighted by atomic mass is 16.4. The molecule has 5 aliphatic carbocycles. The van der Waals surface area contributed by atoms with E-state index in [-0.39, 0.29) is 39.6 Å². The monoisotopic (exact) mass is 470 g/mol. The highest BCUT2D eigenvalue weighted by molar-refractivity contribution is 5.85. The first-order valence-electron chi connectivity index (χ1n) is 13.8. The molecule has 5 rings (SSSR count). The molecule has 4 saturated carbocycles. The molecule has 0 aromatic heterocycles. The first-order chi connectivity index (χ1) is 15.7. The minimum atomic E-state index is -0.677. The van der Waals surface area contributed by atoms with E-state index in [2.05, 4.69) is 47.6 Å². The van der Waals surface area contributed by atoms with Crippen LogP contribution in [0.1, 0.15) is 106 Å². The number of hydrogen-bond donors (Lipinski definition) is 2. The number of carbonyl (C=O) groups excluding carboxylic acids is 1. The highest BCUT2D eigenvalue weighted by Crippen LogP contribution is 2.75. The molecule has 5 aliphatic rings. The Labute approximate surface area is 206 Å². The first-order valence-corrected chi connectivity index (χ1v) is 13.8. The second kappa shape index (κ2) is 7.20. The van der Waals surface area contributed by atoms with Crippen molar-refractivity contribution in [2.75, 3.05) is 6.61 Å². The van der Waals surface area contributed by atoms with E-state index in [9.17, 15) is 19.8 Å². The Morgan fingerprint density at radius 2 is 1.65 bits per heavy atom. The number of carboxylic acid groups (broad SMARTS) is 1. The van der Waals surface area contributed by atoms with Gasteiger partial charge < -0.3 is 10.2 Å². The van der Waals surface area contributed by atoms with E-state index in [1.807, 2.05) is 0 Å². The Kier molecular flexibility index (Phi) is 5.20. The fourth-order valence-corrected chi connectivity index (χ4v) is 10.6. The molecule has 34 heavy (non-hydrogen) atoms. The molecule has 2 N–H and O–H groups in total. The second-order valence-electron chi connectivity index (χ2n) is 14.7. The van der Waals surface area contributed by atoms with Crippen LogP contribution in [0.4, 0.5) is 0 Å². The molecule has 0 bridgehead atoms. The van der Waals surface area contributed by atoms with Gasteiger partial charge in [0.25, 0.3) is 0 Å². The molecule has 0 saturated heterocycles. The predicted octanol–water partition coefficient (Wildman–Crippen LogP) is 6.41. The molecule has 4 heteroatoms. The van der Waals surface area contributed by atoms with Crippen LogP contribution in [0.15, 0.2) is 11.6 Å². The maximum Gasteiger partial charge on any atom is 0.310 e. The summed E-state index contributed by atoms with van der Waals surface area (Å²) in [6.07, 6.45) is 11.1. The van der Waals surface area contributed by atoms with Crippen molar-refractivity contribution in [3.05, 3.63) is 11.6 Å². The van der Waals surface area contributed by atoms with Crippen LogP contribution in [-0.4, -0.2) is 28.6 Å². The molecule has 0 amide bonds. The van der Waals surface area contributed by atoms with Crippen LogP contribution < -0.4 is 0 Å². The summed E-state index contributed by atoms with van der Waals surface area (Å²) in [7, 11) is 0. The topological polar surface area (TPSA) is 74.6 Å². The van der Waals surface area contributed by atoms with Gasteiger partial charge in [-0.3, -0.25) is 9.59 Å². The first kappa shape index (κ1) is 24.5. The minimum Gasteiger partial charge on any atom is -0.481 e. The Bertz CT molecular complexity index is 945. The van der Waals surface area contributed by atoms with E-state index in [0.29, 0.717) is 30.5 Å². The molecule has 1 unspecified atom stereocenters. The summed E-state index contributed by atoms with van der Waals surface area (Å²) in [5, 5.41) is 21.7. The zero-order chi connectivity index (χ0) is 24.9. The van der Waals surface area contributed by atoms with Gasteiger partial charge in [-0.2, -0.15) is 0 Å². The van der Waals surface area contributed by atoms with Gasteiger partial charge in [-0.15, -0.1) is 0 Å². The molecular weight excluding hydrogens is 424 g/mol. The van der Waals surface area contributed by atoms with Gasteiger partial charge >= 0.3 is 5.97 Å². The van der Waals surface area contributed by atoms with Gasteiger partial charge in [-0.25, -0.2) is 0 Å². The van der Waals surface area contributed by atoms with Crippen LogP contribution in [0, 0.1) is 50.2 Å². The maximum absolute atomic E-state index is 12.9. The number of fused-ring (bicyclic) bond motifs is 7. The Hall–Kier alpha value is -1.16. The number of allylic oxidation sites excluding steroid dienone is 1. The second-order valence-corrected chi connectivity index (χ2v) is 14.7. The molecular formula is C30H46O4. The van der Waals surface area contributed by atoms with Gasteiger partial charge in [0.05, 0.1) is 12.0 Å². The van der Waals surface area contributed by atoms with Crippen molar-refractivity contribution >= 4 is 11.8 Å². The van der Waals surface area contributed by atoms with Crippen LogP contribution in [0.25, 0.3) is 0 Å². The van der Waals surface area contributed by atoms with Crippen molar-refractivity contribution in [2.24, 2.45) is 50.2 Å². The maximum atomic E-state index is 12.9. The van der Waals surface area contributed by atoms with E-state index in [0.717, 1.165) is 51.4 Å². The number of aliphatic hydroxyl groups is 1. The van der Waals surface area contributed by atoms with E-state index >= 15 is 0 Å². The summed E-state index contributed by atoms with van der Waals surface area (Å²) in [6, 6.07) is 0. The van der Waals surface area contributed by atoms with Gasteiger partial charge in [0.2, 0.25) is 0 Å². The molecule has 4 nitrogen and oxygen atoms in total. The predicted molar refractivity (Wildman–Crippen MR) is 133 cm³/mol. The van der Waals surface area contributed by atoms with Crippen LogP contribution >= 0.6 is 0 Å². The fourth-order valence-electron chi connectivity index (χ4n) is 10.6. The Morgan fingerprint density at radius 1 is 0.971 bits per heavy atom. The number of Topliss-reactive ketones (excluding diaryl/α,β-unsaturated/α-hetero) is 1. The fraction of sp³-hybridized carbons (Fsp3) is 0.867. The summed E-state index contributed by atoms with van der Waals surface area (Å²) in [4.78, 5) is 25.7. The van der Waals surface area contributed by atoms with E-state index in [4.69, 9.17) is 0 Å². The molecule has 0 aliphatic heterocycles. The van der Waals surface area contributed by atoms with Gasteiger partial charge in [0.15, 0.2) is 0 Å². The average molecular weight is 471 g/mol. The minimum absolute atomic E-state index is 0.0160. The number of aliphatic hydroxyl groups excluding tert-OH is 1. The van der Waals surface area contributed by atoms with Gasteiger partial charge in [-0.05, 0) is 91.8 Å². The molecule has 4 fully saturated rings. The Morgan fingerprint density at radius 3 is 2.29 bits per heavy atom. The van der Waals surface area contributed by atoms with E-state index in [1.54, 1.807) is 0 Å². The number of carbonyl (C=O) groups is 2. The standard InChI is InChI=1S/C30H46O4/c1-25(2)13-14-29(24(33)34)15-16-30(18-31)19(20(29)17-25)7-8-22-27(5)11-10-23(32)26(3,4)21(27)9-12-28(22,30)6/h7,20-22,31H,8-18H2,1-6H3,(H,33,34)/t20-,21?,22+,27-,28+,29-,30-/m0/s1. The zero-order valence-electron chi connectivity index (χ0n) is 22.3. The molecule has 0 aromatic rings. The summed E-state index contributed by atoms with van der Waals surface area (Å²) < 4.78 is 0. The van der Waals surface area contributed by atoms with Crippen molar-refractivity contribution in [2.45, 2.75) is 106 Å². The summed E-state index contributed by atoms with van der Waals surface area (Å²) in [5.74, 6) is 0.588. The van der Waals surface area contributed by atoms with Crippen LogP contribution in [0.3, 0.4) is 0 Å². The third-order valence-electron chi connectivity index (χ3n) is 12.8. The van der Waals surface area contributed by atoms with Crippen molar-refractivity contribution in [3.63, 3.8) is 0 Å². The zero-order valence-corrected chi connectivity index (χ0v) is 22.3. The molecule has 7 atom stereocenters. The van der Waals surface area contributed by atoms with Gasteiger partial charge in [-0.1, -0.05) is 53.2 Å². The van der Waals surface area contributed by atoms with Crippen molar-refractivity contribution in [3.8, 4) is 0 Å². The smallest absolute Gasteiger partial charge is 0.310 e. The van der Waals surface area contributed by atoms with Crippen LogP contribution in [0.5, 0.6) is 0 Å². The lowest BCUT2D eigenvalue weighted by atomic mass is 9.33. The lowest BCUT2D eigenvalue weighted by Gasteiger charge is -2.70. The summed E-state index contributed by atoms with van der Waals surface area (Å²) >= 11 is 0. The van der Waals surface area contributed by atoms with Gasteiger partial charge in [0, 0.05) is 17.3 Å². The van der Waals surface area contributed by atoms with Crippen LogP contribution in [-0.2, 0) is 9.59 Å². The number of rotatable bonds is 2. The molecule has 0 heterocycles. The van der Waals surface area contributed by atoms with Crippen molar-refractivity contribution < 1.29 is 19.8 Å². The quantitative estimate of drug-likeness (QED) is 0.457. The van der Waals surface area contributed by atoms with E-state index in [1.165, 1.54) is 5.57 Å². The highest BCUT2D eigenvalue weighted by Gasteiger charge is 2.70. The summed E-state index contributed by atoms with van der Waals surface area (Å²) in [5.41, 5.74) is 0.0993. The van der Waals surface area contributed by atoms with Gasteiger partial charge in [0.1, 0.15) is 5.78 Å². The SMILES string of the molecule is CC1(C)CC[C@]2(C(=O)O)CC[C@]3(CO)C(=CC[C@@H]4[C@@]5(C)CCC(=O)C(C)(C)C5CC[C@]43C)[C@@H]2C1. The number of carboxylic acids is 1. The number of hydrogen-bond acceptors (Lipinski definition) is 3. The largest absolute Gasteiger partial charge is 0.481 e. The lowest BCUT2D eigenvalue weighted by Crippen LogP contribution is -2.66.